The molecular weight excluding hydrogens is 402 g/mol. The first-order valence-electron chi connectivity index (χ1n) is 10.5. The van der Waals surface area contributed by atoms with Crippen molar-refractivity contribution < 1.29 is 9.53 Å². The zero-order valence-corrected chi connectivity index (χ0v) is 18.2. The van der Waals surface area contributed by atoms with E-state index >= 15 is 0 Å². The van der Waals surface area contributed by atoms with Crippen molar-refractivity contribution >= 4 is 23.3 Å². The largest absolute Gasteiger partial charge is 0.367 e. The van der Waals surface area contributed by atoms with Gasteiger partial charge in [0.2, 0.25) is 5.91 Å². The van der Waals surface area contributed by atoms with Crippen LogP contribution in [0.5, 0.6) is 0 Å². The summed E-state index contributed by atoms with van der Waals surface area (Å²) in [4.78, 5) is 26.5. The number of fused-ring (bicyclic) bond motifs is 1. The number of anilines is 1. The van der Waals surface area contributed by atoms with Crippen molar-refractivity contribution in [2.24, 2.45) is 0 Å². The van der Waals surface area contributed by atoms with Crippen LogP contribution in [-0.2, 0) is 16.1 Å². The van der Waals surface area contributed by atoms with Crippen LogP contribution in [0.4, 0.5) is 5.82 Å². The highest BCUT2D eigenvalue weighted by Gasteiger charge is 2.32. The fourth-order valence-electron chi connectivity index (χ4n) is 4.18. The quantitative estimate of drug-likeness (QED) is 0.761. The molecule has 0 radical (unpaired) electrons. The Morgan fingerprint density at radius 3 is 2.67 bits per heavy atom. The minimum atomic E-state index is -0.217. The molecule has 0 bridgehead atoms. The zero-order valence-electron chi connectivity index (χ0n) is 17.5. The topological polar surface area (TPSA) is 70.6 Å². The van der Waals surface area contributed by atoms with E-state index in [1.807, 2.05) is 43.0 Å². The number of halogens is 1. The average Bonchev–Trinajstić information content (AvgIpc) is 3.16. The minimum Gasteiger partial charge on any atom is -0.367 e. The van der Waals surface area contributed by atoms with E-state index in [1.165, 1.54) is 0 Å². The smallest absolute Gasteiger partial charge is 0.231 e. The number of carbonyl (C=O) groups excluding carboxylic acids is 1. The van der Waals surface area contributed by atoms with Crippen LogP contribution < -0.4 is 10.2 Å². The number of hydrogen-bond acceptors (Lipinski definition) is 6. The molecule has 2 atom stereocenters. The summed E-state index contributed by atoms with van der Waals surface area (Å²) in [5, 5.41) is 4.01. The Hall–Kier alpha value is -2.22. The number of aromatic nitrogens is 2. The van der Waals surface area contributed by atoms with E-state index in [2.05, 4.69) is 20.2 Å². The van der Waals surface area contributed by atoms with Gasteiger partial charge in [-0.1, -0.05) is 30.7 Å². The van der Waals surface area contributed by atoms with Gasteiger partial charge in [-0.05, 0) is 31.2 Å². The van der Waals surface area contributed by atoms with Gasteiger partial charge >= 0.3 is 0 Å². The van der Waals surface area contributed by atoms with Gasteiger partial charge in [-0.15, -0.1) is 0 Å². The van der Waals surface area contributed by atoms with Gasteiger partial charge in [0.05, 0.1) is 24.3 Å². The first-order chi connectivity index (χ1) is 14.6. The number of benzene rings is 1. The van der Waals surface area contributed by atoms with Gasteiger partial charge in [0.15, 0.2) is 0 Å². The van der Waals surface area contributed by atoms with Crippen molar-refractivity contribution in [2.45, 2.75) is 32.5 Å². The molecule has 0 aliphatic carbocycles. The highest BCUT2D eigenvalue weighted by molar-refractivity contribution is 6.30. The maximum atomic E-state index is 13.4. The van der Waals surface area contributed by atoms with Crippen molar-refractivity contribution in [1.82, 2.24) is 20.2 Å². The van der Waals surface area contributed by atoms with Crippen LogP contribution >= 0.6 is 11.6 Å². The molecule has 8 heteroatoms. The van der Waals surface area contributed by atoms with Gasteiger partial charge in [-0.3, -0.25) is 4.79 Å². The Morgan fingerprint density at radius 2 is 1.97 bits per heavy atom. The van der Waals surface area contributed by atoms with Crippen molar-refractivity contribution in [2.75, 3.05) is 44.2 Å². The molecule has 2 aliphatic heterocycles. The van der Waals surface area contributed by atoms with Crippen LogP contribution in [0.1, 0.15) is 42.7 Å². The summed E-state index contributed by atoms with van der Waals surface area (Å²) in [6.45, 7) is 8.90. The van der Waals surface area contributed by atoms with Gasteiger partial charge in [0.25, 0.3) is 0 Å². The predicted molar refractivity (Wildman–Crippen MR) is 117 cm³/mol. The summed E-state index contributed by atoms with van der Waals surface area (Å²) < 4.78 is 5.73. The third kappa shape index (κ3) is 4.29. The molecule has 1 unspecified atom stereocenters. The number of amides is 1. The minimum absolute atomic E-state index is 0.00487. The number of nitrogens with one attached hydrogen (secondary N) is 1. The number of piperazine rings is 1. The van der Waals surface area contributed by atoms with Gasteiger partial charge in [-0.2, -0.15) is 0 Å². The molecule has 1 aromatic heterocycles. The maximum Gasteiger partial charge on any atom is 0.231 e. The van der Waals surface area contributed by atoms with Crippen LogP contribution in [0.25, 0.3) is 0 Å². The van der Waals surface area contributed by atoms with Gasteiger partial charge in [0, 0.05) is 43.3 Å². The van der Waals surface area contributed by atoms with Crippen molar-refractivity contribution in [3.05, 3.63) is 52.4 Å². The van der Waals surface area contributed by atoms with E-state index < -0.39 is 0 Å². The Bertz CT molecular complexity index is 884. The molecule has 160 valence electrons. The van der Waals surface area contributed by atoms with E-state index in [9.17, 15) is 4.79 Å². The predicted octanol–water partition coefficient (Wildman–Crippen LogP) is 2.76. The molecule has 1 amide bonds. The third-order valence-electron chi connectivity index (χ3n) is 5.88. The number of likely N-dealkylation sites (N-methyl/N-ethyl adjacent to an activating group) is 1. The Kier molecular flexibility index (Phi) is 6.51. The second kappa shape index (κ2) is 9.29. The monoisotopic (exact) mass is 429 g/mol. The average molecular weight is 430 g/mol. The lowest BCUT2D eigenvalue weighted by molar-refractivity contribution is -0.133. The number of nitrogens with zero attached hydrogens (tertiary/aromatic N) is 4. The number of carbonyl (C=O) groups is 1. The van der Waals surface area contributed by atoms with Crippen LogP contribution in [0, 0.1) is 0 Å². The Morgan fingerprint density at radius 1 is 1.23 bits per heavy atom. The van der Waals surface area contributed by atoms with Crippen molar-refractivity contribution in [3.63, 3.8) is 0 Å². The van der Waals surface area contributed by atoms with Crippen molar-refractivity contribution in [3.8, 4) is 0 Å². The highest BCUT2D eigenvalue weighted by atomic mass is 35.5. The molecule has 1 fully saturated rings. The number of hydrogen-bond donors (Lipinski definition) is 1. The lowest BCUT2D eigenvalue weighted by Gasteiger charge is -2.37. The van der Waals surface area contributed by atoms with Gasteiger partial charge in [-0.25, -0.2) is 9.97 Å². The molecule has 30 heavy (non-hydrogen) atoms. The summed E-state index contributed by atoms with van der Waals surface area (Å²) in [6, 6.07) is 7.59. The first-order valence-corrected chi connectivity index (χ1v) is 10.9. The second-order valence-corrected chi connectivity index (χ2v) is 8.17. The SMILES string of the molecule is CCNCC(C(=O)N1CCN(c2ncnc3c2[C@H](C)OC3)CC1)c1ccc(Cl)cc1. The lowest BCUT2D eigenvalue weighted by Crippen LogP contribution is -2.51. The van der Waals surface area contributed by atoms with E-state index in [0.717, 1.165) is 42.3 Å². The molecule has 1 aromatic carbocycles. The molecule has 3 heterocycles. The second-order valence-electron chi connectivity index (χ2n) is 7.74. The normalized spacial score (nSPS) is 19.6. The summed E-state index contributed by atoms with van der Waals surface area (Å²) >= 11 is 6.04. The van der Waals surface area contributed by atoms with Crippen LogP contribution in [0.3, 0.4) is 0 Å². The van der Waals surface area contributed by atoms with Crippen molar-refractivity contribution in [1.29, 1.82) is 0 Å². The maximum absolute atomic E-state index is 13.4. The summed E-state index contributed by atoms with van der Waals surface area (Å²) in [5.74, 6) is 0.882. The molecule has 2 aromatic rings. The highest BCUT2D eigenvalue weighted by Crippen LogP contribution is 2.35. The fourth-order valence-corrected chi connectivity index (χ4v) is 4.31. The van der Waals surface area contributed by atoms with Crippen LogP contribution in [0.2, 0.25) is 5.02 Å². The van der Waals surface area contributed by atoms with E-state index in [4.69, 9.17) is 16.3 Å². The molecule has 1 saturated heterocycles. The third-order valence-corrected chi connectivity index (χ3v) is 6.13. The number of ether oxygens (including phenoxy) is 1. The Balaban J connectivity index is 1.45. The standard InChI is InChI=1S/C22H28ClN5O2/c1-3-24-12-18(16-4-6-17(23)7-5-16)22(29)28-10-8-27(9-11-28)21-20-15(2)30-13-19(20)25-14-26-21/h4-7,14-15,18,24H,3,8-13H2,1-2H3/t15-,18?/m0/s1. The van der Waals surface area contributed by atoms with E-state index in [0.29, 0.717) is 31.3 Å². The molecule has 0 spiro atoms. The van der Waals surface area contributed by atoms with Gasteiger partial charge < -0.3 is 19.9 Å². The molecule has 1 N–H and O–H groups in total. The molecule has 4 rings (SSSR count). The van der Waals surface area contributed by atoms with Crippen LogP contribution in [-0.4, -0.2) is 60.0 Å². The first kappa shape index (κ1) is 21.0. The summed E-state index contributed by atoms with van der Waals surface area (Å²) in [5.41, 5.74) is 3.05. The Labute approximate surface area is 182 Å². The molecule has 2 aliphatic rings. The van der Waals surface area contributed by atoms with Crippen LogP contribution in [0.15, 0.2) is 30.6 Å². The van der Waals surface area contributed by atoms with Gasteiger partial charge in [0.1, 0.15) is 12.1 Å². The van der Waals surface area contributed by atoms with E-state index in [-0.39, 0.29) is 17.9 Å². The summed E-state index contributed by atoms with van der Waals surface area (Å²) in [7, 11) is 0. The summed E-state index contributed by atoms with van der Waals surface area (Å²) in [6.07, 6.45) is 1.62. The number of rotatable bonds is 6. The lowest BCUT2D eigenvalue weighted by atomic mass is 9.97. The van der Waals surface area contributed by atoms with E-state index in [1.54, 1.807) is 6.33 Å². The molecular formula is C22H28ClN5O2. The fraction of sp³-hybridized carbons (Fsp3) is 0.500. The molecule has 7 nitrogen and oxygen atoms in total. The zero-order chi connectivity index (χ0) is 21.1. The molecule has 0 saturated carbocycles.